The largest absolute Gasteiger partial charge is 0.359 e. The highest BCUT2D eigenvalue weighted by atomic mass is 32.2. The van der Waals surface area contributed by atoms with Crippen LogP contribution >= 0.6 is 11.8 Å². The third-order valence-electron chi connectivity index (χ3n) is 4.95. The maximum Gasteiger partial charge on any atom is 0.242 e. The van der Waals surface area contributed by atoms with Crippen molar-refractivity contribution in [2.75, 3.05) is 12.8 Å². The van der Waals surface area contributed by atoms with E-state index in [0.29, 0.717) is 25.0 Å². The molecule has 0 aliphatic carbocycles. The summed E-state index contributed by atoms with van der Waals surface area (Å²) in [5.41, 5.74) is 0. The van der Waals surface area contributed by atoms with Gasteiger partial charge >= 0.3 is 0 Å². The number of carbonyl (C=O) groups is 4. The van der Waals surface area contributed by atoms with E-state index in [2.05, 4.69) is 22.9 Å². The van der Waals surface area contributed by atoms with Crippen LogP contribution in [0.4, 0.5) is 0 Å². The van der Waals surface area contributed by atoms with Gasteiger partial charge in [0.2, 0.25) is 17.7 Å². The van der Waals surface area contributed by atoms with Crippen LogP contribution in [0.25, 0.3) is 0 Å². The molecule has 3 amide bonds. The van der Waals surface area contributed by atoms with Crippen LogP contribution in [-0.4, -0.2) is 47.7 Å². The monoisotopic (exact) mass is 457 g/mol. The number of nitrogens with one attached hydrogen (secondary N) is 3. The summed E-state index contributed by atoms with van der Waals surface area (Å²) in [7, 11) is 1.57. The minimum absolute atomic E-state index is 0.0369. The van der Waals surface area contributed by atoms with Crippen LogP contribution in [0, 0.1) is 5.92 Å². The lowest BCUT2D eigenvalue weighted by molar-refractivity contribution is -0.130. The van der Waals surface area contributed by atoms with Crippen molar-refractivity contribution in [3.63, 3.8) is 0 Å². The van der Waals surface area contributed by atoms with Gasteiger partial charge in [-0.15, -0.1) is 0 Å². The summed E-state index contributed by atoms with van der Waals surface area (Å²) in [6.07, 6.45) is 8.28. The lowest BCUT2D eigenvalue weighted by Gasteiger charge is -2.24. The zero-order valence-electron chi connectivity index (χ0n) is 20.1. The van der Waals surface area contributed by atoms with Crippen molar-refractivity contribution in [1.82, 2.24) is 16.0 Å². The molecule has 0 saturated heterocycles. The van der Waals surface area contributed by atoms with Gasteiger partial charge < -0.3 is 16.0 Å². The lowest BCUT2D eigenvalue weighted by Crippen LogP contribution is -2.51. The summed E-state index contributed by atoms with van der Waals surface area (Å²) in [5, 5.41) is 8.37. The van der Waals surface area contributed by atoms with E-state index in [1.807, 2.05) is 13.8 Å². The molecule has 0 spiro atoms. The minimum Gasteiger partial charge on any atom is -0.359 e. The number of thioether (sulfide) groups is 1. The molecule has 0 rings (SSSR count). The van der Waals surface area contributed by atoms with Crippen molar-refractivity contribution in [2.45, 2.75) is 104 Å². The van der Waals surface area contributed by atoms with Gasteiger partial charge in [0, 0.05) is 38.6 Å². The smallest absolute Gasteiger partial charge is 0.242 e. The van der Waals surface area contributed by atoms with Crippen LogP contribution in [0.2, 0.25) is 0 Å². The fraction of sp³-hybridized carbons (Fsp3) is 0.826. The number of hydrogen-bond acceptors (Lipinski definition) is 5. The van der Waals surface area contributed by atoms with Crippen LogP contribution in [0.3, 0.4) is 0 Å². The van der Waals surface area contributed by atoms with E-state index in [1.54, 1.807) is 7.05 Å². The van der Waals surface area contributed by atoms with Gasteiger partial charge in [0.25, 0.3) is 0 Å². The van der Waals surface area contributed by atoms with Crippen molar-refractivity contribution in [3.05, 3.63) is 0 Å². The Morgan fingerprint density at radius 1 is 0.871 bits per heavy atom. The summed E-state index contributed by atoms with van der Waals surface area (Å²) in [6.45, 7) is 7.67. The molecule has 3 N–H and O–H groups in total. The SMILES string of the molecule is CCCCCCCCC(=O)N[C@@H](CC(C)C)C(=O)N[C@@H](CCC(=O)NC)CSC(C)=O. The third-order valence-corrected chi connectivity index (χ3v) is 5.92. The van der Waals surface area contributed by atoms with Crippen molar-refractivity contribution in [1.29, 1.82) is 0 Å². The molecule has 0 unspecified atom stereocenters. The fourth-order valence-electron chi connectivity index (χ4n) is 3.18. The zero-order valence-corrected chi connectivity index (χ0v) is 20.9. The first-order chi connectivity index (χ1) is 14.7. The summed E-state index contributed by atoms with van der Waals surface area (Å²) in [5.74, 6) is 0.171. The molecule has 0 aromatic carbocycles. The zero-order chi connectivity index (χ0) is 23.6. The van der Waals surface area contributed by atoms with E-state index in [9.17, 15) is 19.2 Å². The molecule has 0 aliphatic heterocycles. The van der Waals surface area contributed by atoms with E-state index in [4.69, 9.17) is 0 Å². The van der Waals surface area contributed by atoms with Gasteiger partial charge in [-0.3, -0.25) is 19.2 Å². The Morgan fingerprint density at radius 3 is 2.10 bits per heavy atom. The van der Waals surface area contributed by atoms with E-state index in [0.717, 1.165) is 31.0 Å². The standard InChI is InChI=1S/C23H43N3O4S/c1-6-7-8-9-10-11-12-22(29)26-20(15-17(2)3)23(30)25-19(16-31-18(4)27)13-14-21(28)24-5/h17,19-20H,6-16H2,1-5H3,(H,24,28)(H,25,30)(H,26,29)/t19-,20-/m0/s1. The van der Waals surface area contributed by atoms with E-state index >= 15 is 0 Å². The molecule has 0 aromatic rings. The van der Waals surface area contributed by atoms with Crippen LogP contribution in [0.1, 0.15) is 91.9 Å². The maximum atomic E-state index is 12.9. The average Bonchev–Trinajstić information content (AvgIpc) is 2.71. The Kier molecular flexibility index (Phi) is 17.1. The van der Waals surface area contributed by atoms with Crippen LogP contribution in [-0.2, 0) is 19.2 Å². The Labute approximate surface area is 192 Å². The van der Waals surface area contributed by atoms with Crippen molar-refractivity contribution in [2.24, 2.45) is 5.92 Å². The number of hydrogen-bond donors (Lipinski definition) is 3. The molecular formula is C23H43N3O4S. The molecule has 0 heterocycles. The van der Waals surface area contributed by atoms with Gasteiger partial charge in [0.15, 0.2) is 5.12 Å². The Hall–Kier alpha value is -1.57. The molecule has 31 heavy (non-hydrogen) atoms. The highest BCUT2D eigenvalue weighted by molar-refractivity contribution is 8.13. The Bertz CT molecular complexity index is 555. The number of unbranched alkanes of at least 4 members (excludes halogenated alkanes) is 5. The number of rotatable bonds is 17. The first kappa shape index (κ1) is 29.4. The predicted molar refractivity (Wildman–Crippen MR) is 128 cm³/mol. The fourth-order valence-corrected chi connectivity index (χ4v) is 3.87. The number of amides is 3. The molecule has 0 bridgehead atoms. The molecular weight excluding hydrogens is 414 g/mol. The molecule has 7 nitrogen and oxygen atoms in total. The molecule has 0 radical (unpaired) electrons. The van der Waals surface area contributed by atoms with Crippen molar-refractivity contribution >= 4 is 34.6 Å². The van der Waals surface area contributed by atoms with Gasteiger partial charge in [-0.05, 0) is 25.2 Å². The lowest BCUT2D eigenvalue weighted by atomic mass is 10.0. The highest BCUT2D eigenvalue weighted by Crippen LogP contribution is 2.12. The highest BCUT2D eigenvalue weighted by Gasteiger charge is 2.24. The molecule has 0 saturated carbocycles. The summed E-state index contributed by atoms with van der Waals surface area (Å²) in [6, 6.07) is -0.929. The molecule has 8 heteroatoms. The van der Waals surface area contributed by atoms with Gasteiger partial charge in [0.05, 0.1) is 0 Å². The second-order valence-corrected chi connectivity index (χ2v) is 9.68. The summed E-state index contributed by atoms with van der Waals surface area (Å²) >= 11 is 1.13. The Balaban J connectivity index is 4.79. The van der Waals surface area contributed by atoms with Gasteiger partial charge in [0.1, 0.15) is 6.04 Å². The minimum atomic E-state index is -0.613. The molecule has 2 atom stereocenters. The van der Waals surface area contributed by atoms with E-state index < -0.39 is 6.04 Å². The summed E-state index contributed by atoms with van der Waals surface area (Å²) in [4.78, 5) is 48.2. The first-order valence-electron chi connectivity index (χ1n) is 11.6. The quantitative estimate of drug-likeness (QED) is 0.290. The van der Waals surface area contributed by atoms with Crippen molar-refractivity contribution in [3.8, 4) is 0 Å². The van der Waals surface area contributed by atoms with Gasteiger partial charge in [-0.25, -0.2) is 0 Å². The first-order valence-corrected chi connectivity index (χ1v) is 12.6. The molecule has 180 valence electrons. The maximum absolute atomic E-state index is 12.9. The number of carbonyl (C=O) groups excluding carboxylic acids is 4. The average molecular weight is 458 g/mol. The third kappa shape index (κ3) is 16.8. The van der Waals surface area contributed by atoms with E-state index in [-0.39, 0.29) is 41.2 Å². The summed E-state index contributed by atoms with van der Waals surface area (Å²) < 4.78 is 0. The van der Waals surface area contributed by atoms with Crippen LogP contribution in [0.15, 0.2) is 0 Å². The van der Waals surface area contributed by atoms with Crippen LogP contribution in [0.5, 0.6) is 0 Å². The molecule has 0 fully saturated rings. The molecule has 0 aliphatic rings. The molecule has 0 aromatic heterocycles. The second kappa shape index (κ2) is 18.0. The Morgan fingerprint density at radius 2 is 1.52 bits per heavy atom. The predicted octanol–water partition coefficient (Wildman–Crippen LogP) is 3.56. The van der Waals surface area contributed by atoms with E-state index in [1.165, 1.54) is 26.2 Å². The topological polar surface area (TPSA) is 104 Å². The van der Waals surface area contributed by atoms with Crippen molar-refractivity contribution < 1.29 is 19.2 Å². The van der Waals surface area contributed by atoms with Crippen LogP contribution < -0.4 is 16.0 Å². The second-order valence-electron chi connectivity index (χ2n) is 8.49. The van der Waals surface area contributed by atoms with Gasteiger partial charge in [-0.2, -0.15) is 0 Å². The van der Waals surface area contributed by atoms with Gasteiger partial charge in [-0.1, -0.05) is 64.6 Å². The normalized spacial score (nSPS) is 12.8.